The Labute approximate surface area is 132 Å². The van der Waals surface area contributed by atoms with Gasteiger partial charge in [-0.05, 0) is 30.3 Å². The van der Waals surface area contributed by atoms with Gasteiger partial charge in [0.15, 0.2) is 0 Å². The van der Waals surface area contributed by atoms with Gasteiger partial charge in [-0.2, -0.15) is 0 Å². The normalized spacial score (nSPS) is 10.3. The third-order valence-electron chi connectivity index (χ3n) is 2.44. The van der Waals surface area contributed by atoms with Gasteiger partial charge in [-0.25, -0.2) is 0 Å². The maximum absolute atomic E-state index is 6.05. The minimum Gasteiger partial charge on any atom is -0.490 e. The molecule has 3 nitrogen and oxygen atoms in total. The number of rotatable bonds is 5. The molecule has 0 saturated carbocycles. The molecule has 0 bridgehead atoms. The smallest absolute Gasteiger partial charge is 0.146 e. The molecule has 0 spiro atoms. The molecule has 2 N–H and O–H groups in total. The van der Waals surface area contributed by atoms with Crippen LogP contribution in [0.1, 0.15) is 0 Å². The standard InChI is InChI=1S/C14H12Cl3NO2/c15-5-6-19-14-8-10(2-3-12(14)18)20-13-4-1-9(16)7-11(13)17/h1-4,7-8H,5-6,18H2. The number of hydrogen-bond acceptors (Lipinski definition) is 3. The lowest BCUT2D eigenvalue weighted by atomic mass is 10.2. The summed E-state index contributed by atoms with van der Waals surface area (Å²) in [5.74, 6) is 1.97. The zero-order valence-electron chi connectivity index (χ0n) is 10.4. The third kappa shape index (κ3) is 3.85. The van der Waals surface area contributed by atoms with E-state index in [2.05, 4.69) is 0 Å². The first-order valence-electron chi connectivity index (χ1n) is 5.81. The number of alkyl halides is 1. The molecule has 0 aliphatic carbocycles. The Kier molecular flexibility index (Phi) is 5.24. The Morgan fingerprint density at radius 3 is 2.50 bits per heavy atom. The number of anilines is 1. The van der Waals surface area contributed by atoms with E-state index in [1.165, 1.54) is 0 Å². The van der Waals surface area contributed by atoms with E-state index >= 15 is 0 Å². The summed E-state index contributed by atoms with van der Waals surface area (Å²) >= 11 is 17.5. The van der Waals surface area contributed by atoms with E-state index in [4.69, 9.17) is 50.0 Å². The third-order valence-corrected chi connectivity index (χ3v) is 3.13. The van der Waals surface area contributed by atoms with Crippen molar-refractivity contribution in [3.05, 3.63) is 46.4 Å². The first-order valence-corrected chi connectivity index (χ1v) is 7.10. The molecule has 6 heteroatoms. The molecule has 0 aliphatic rings. The Bertz CT molecular complexity index is 605. The summed E-state index contributed by atoms with van der Waals surface area (Å²) in [6.45, 7) is 0.372. The first-order chi connectivity index (χ1) is 9.60. The number of nitrogens with two attached hydrogens (primary N) is 1. The number of hydrogen-bond donors (Lipinski definition) is 1. The predicted octanol–water partition coefficient (Wildman–Crippen LogP) is 4.99. The van der Waals surface area contributed by atoms with Gasteiger partial charge in [0, 0.05) is 11.1 Å². The average molecular weight is 333 g/mol. The molecule has 2 aromatic rings. The minimum atomic E-state index is 0.372. The Hall–Kier alpha value is -1.29. The van der Waals surface area contributed by atoms with Crippen molar-refractivity contribution >= 4 is 40.5 Å². The first kappa shape index (κ1) is 15.1. The van der Waals surface area contributed by atoms with Gasteiger partial charge in [-0.1, -0.05) is 23.2 Å². The number of benzene rings is 2. The Balaban J connectivity index is 2.20. The minimum absolute atomic E-state index is 0.372. The highest BCUT2D eigenvalue weighted by atomic mass is 35.5. The molecule has 0 amide bonds. The molecule has 0 aliphatic heterocycles. The maximum Gasteiger partial charge on any atom is 0.146 e. The summed E-state index contributed by atoms with van der Waals surface area (Å²) in [5, 5.41) is 0.975. The molecule has 0 aromatic heterocycles. The van der Waals surface area contributed by atoms with Crippen LogP contribution in [0, 0.1) is 0 Å². The largest absolute Gasteiger partial charge is 0.490 e. The summed E-state index contributed by atoms with van der Waals surface area (Å²) in [4.78, 5) is 0. The maximum atomic E-state index is 6.05. The van der Waals surface area contributed by atoms with Gasteiger partial charge >= 0.3 is 0 Å². The van der Waals surface area contributed by atoms with Gasteiger partial charge in [0.2, 0.25) is 0 Å². The van der Waals surface area contributed by atoms with Crippen LogP contribution in [-0.2, 0) is 0 Å². The van der Waals surface area contributed by atoms with Crippen LogP contribution >= 0.6 is 34.8 Å². The molecule has 2 rings (SSSR count). The summed E-state index contributed by atoms with van der Waals surface area (Å²) in [6.07, 6.45) is 0. The number of ether oxygens (including phenoxy) is 2. The van der Waals surface area contributed by atoms with Crippen LogP contribution in [0.25, 0.3) is 0 Å². The van der Waals surface area contributed by atoms with Crippen molar-refractivity contribution in [1.29, 1.82) is 0 Å². The molecular weight excluding hydrogens is 321 g/mol. The lowest BCUT2D eigenvalue weighted by molar-refractivity contribution is 0.342. The van der Waals surface area contributed by atoms with Gasteiger partial charge in [-0.3, -0.25) is 0 Å². The summed E-state index contributed by atoms with van der Waals surface area (Å²) < 4.78 is 11.1. The van der Waals surface area contributed by atoms with Crippen molar-refractivity contribution in [2.75, 3.05) is 18.2 Å². The fourth-order valence-electron chi connectivity index (χ4n) is 1.54. The lowest BCUT2D eigenvalue weighted by Crippen LogP contribution is -2.01. The van der Waals surface area contributed by atoms with Crippen molar-refractivity contribution in [1.82, 2.24) is 0 Å². The van der Waals surface area contributed by atoms with Crippen molar-refractivity contribution in [3.63, 3.8) is 0 Å². The summed E-state index contributed by atoms with van der Waals surface area (Å²) in [5.41, 5.74) is 6.32. The van der Waals surface area contributed by atoms with Gasteiger partial charge in [-0.15, -0.1) is 11.6 Å². The van der Waals surface area contributed by atoms with Crippen LogP contribution in [-0.4, -0.2) is 12.5 Å². The van der Waals surface area contributed by atoms with Crippen molar-refractivity contribution in [2.45, 2.75) is 0 Å². The molecular formula is C14H12Cl3NO2. The molecule has 0 fully saturated rings. The van der Waals surface area contributed by atoms with Crippen LogP contribution in [0.4, 0.5) is 5.69 Å². The van der Waals surface area contributed by atoms with E-state index in [9.17, 15) is 0 Å². The molecule has 0 radical (unpaired) electrons. The molecule has 0 unspecified atom stereocenters. The Morgan fingerprint density at radius 1 is 1.00 bits per heavy atom. The monoisotopic (exact) mass is 331 g/mol. The average Bonchev–Trinajstić information content (AvgIpc) is 2.42. The van der Waals surface area contributed by atoms with Crippen molar-refractivity contribution in [3.8, 4) is 17.2 Å². The van der Waals surface area contributed by atoms with Gasteiger partial charge in [0.05, 0.1) is 16.6 Å². The molecule has 0 saturated heterocycles. The number of halogens is 3. The van der Waals surface area contributed by atoms with Crippen LogP contribution in [0.2, 0.25) is 10.0 Å². The quantitative estimate of drug-likeness (QED) is 0.620. The van der Waals surface area contributed by atoms with E-state index in [0.717, 1.165) is 0 Å². The van der Waals surface area contributed by atoms with Gasteiger partial charge in [0.25, 0.3) is 0 Å². The molecule has 106 valence electrons. The van der Waals surface area contributed by atoms with E-state index in [1.54, 1.807) is 36.4 Å². The molecule has 0 heterocycles. The van der Waals surface area contributed by atoms with Crippen LogP contribution < -0.4 is 15.2 Å². The van der Waals surface area contributed by atoms with Gasteiger partial charge in [0.1, 0.15) is 23.9 Å². The van der Waals surface area contributed by atoms with Crippen LogP contribution in [0.15, 0.2) is 36.4 Å². The molecule has 2 aromatic carbocycles. The zero-order valence-corrected chi connectivity index (χ0v) is 12.7. The van der Waals surface area contributed by atoms with Crippen molar-refractivity contribution < 1.29 is 9.47 Å². The second kappa shape index (κ2) is 6.93. The topological polar surface area (TPSA) is 44.5 Å². The predicted molar refractivity (Wildman–Crippen MR) is 83.6 cm³/mol. The van der Waals surface area contributed by atoms with E-state index < -0.39 is 0 Å². The lowest BCUT2D eigenvalue weighted by Gasteiger charge is -2.11. The Morgan fingerprint density at radius 2 is 1.80 bits per heavy atom. The van der Waals surface area contributed by atoms with Crippen LogP contribution in [0.3, 0.4) is 0 Å². The number of nitrogen functional groups attached to an aromatic ring is 1. The second-order valence-corrected chi connectivity index (χ2v) is 5.14. The van der Waals surface area contributed by atoms with E-state index in [1.807, 2.05) is 0 Å². The SMILES string of the molecule is Nc1ccc(Oc2ccc(Cl)cc2Cl)cc1OCCCl. The zero-order chi connectivity index (χ0) is 14.5. The highest BCUT2D eigenvalue weighted by Gasteiger charge is 2.07. The molecule has 0 atom stereocenters. The fourth-order valence-corrected chi connectivity index (χ4v) is 2.06. The summed E-state index contributed by atoms with van der Waals surface area (Å²) in [6, 6.07) is 10.1. The second-order valence-electron chi connectivity index (χ2n) is 3.91. The summed E-state index contributed by atoms with van der Waals surface area (Å²) in [7, 11) is 0. The highest BCUT2D eigenvalue weighted by Crippen LogP contribution is 2.34. The fraction of sp³-hybridized carbons (Fsp3) is 0.143. The van der Waals surface area contributed by atoms with E-state index in [-0.39, 0.29) is 0 Å². The van der Waals surface area contributed by atoms with Gasteiger partial charge < -0.3 is 15.2 Å². The van der Waals surface area contributed by atoms with E-state index in [0.29, 0.717) is 45.5 Å². The van der Waals surface area contributed by atoms with Crippen molar-refractivity contribution in [2.24, 2.45) is 0 Å². The highest BCUT2D eigenvalue weighted by molar-refractivity contribution is 6.35. The molecule has 20 heavy (non-hydrogen) atoms. The van der Waals surface area contributed by atoms with Crippen LogP contribution in [0.5, 0.6) is 17.2 Å².